The molecule has 4 atom stereocenters. The van der Waals surface area contributed by atoms with Crippen molar-refractivity contribution in [2.24, 2.45) is 5.92 Å². The van der Waals surface area contributed by atoms with Crippen LogP contribution >= 0.6 is 0 Å². The second-order valence-electron chi connectivity index (χ2n) is 11.1. The highest BCUT2D eigenvalue weighted by Gasteiger charge is 2.51. The number of esters is 1. The van der Waals surface area contributed by atoms with Gasteiger partial charge in [-0.3, -0.25) is 14.6 Å². The number of hydrogen-bond donors (Lipinski definition) is 0. The van der Waals surface area contributed by atoms with E-state index in [0.29, 0.717) is 32.5 Å². The normalized spacial score (nSPS) is 24.2. The maximum atomic E-state index is 13.8. The Kier molecular flexibility index (Phi) is 8.46. The molecule has 35 heavy (non-hydrogen) atoms. The van der Waals surface area contributed by atoms with Crippen molar-refractivity contribution in [3.05, 3.63) is 35.9 Å². The molecule has 0 radical (unpaired) electrons. The van der Waals surface area contributed by atoms with Crippen molar-refractivity contribution in [3.8, 4) is 0 Å². The predicted molar refractivity (Wildman–Crippen MR) is 134 cm³/mol. The molecule has 2 saturated heterocycles. The minimum atomic E-state index is -0.656. The molecule has 0 saturated carbocycles. The highest BCUT2D eigenvalue weighted by molar-refractivity contribution is 5.88. The lowest BCUT2D eigenvalue weighted by atomic mass is 9.95. The smallest absolute Gasteiger partial charge is 0.411 e. The maximum Gasteiger partial charge on any atom is 0.411 e. The molecule has 0 aliphatic carbocycles. The summed E-state index contributed by atoms with van der Waals surface area (Å²) in [6, 6.07) is 8.83. The van der Waals surface area contributed by atoms with Crippen LogP contribution < -0.4 is 0 Å². The van der Waals surface area contributed by atoms with E-state index >= 15 is 0 Å². The van der Waals surface area contributed by atoms with Crippen LogP contribution in [-0.2, 0) is 25.5 Å². The van der Waals surface area contributed by atoms with Gasteiger partial charge in [0.05, 0.1) is 25.9 Å². The number of amides is 2. The van der Waals surface area contributed by atoms with Gasteiger partial charge in [0.15, 0.2) is 0 Å². The summed E-state index contributed by atoms with van der Waals surface area (Å²) >= 11 is 0. The van der Waals surface area contributed by atoms with Crippen LogP contribution in [0.4, 0.5) is 4.79 Å². The first-order chi connectivity index (χ1) is 16.4. The third-order valence-electron chi connectivity index (χ3n) is 6.84. The van der Waals surface area contributed by atoms with Crippen molar-refractivity contribution in [3.63, 3.8) is 0 Å². The van der Waals surface area contributed by atoms with E-state index in [1.54, 1.807) is 16.7 Å². The zero-order chi connectivity index (χ0) is 25.9. The van der Waals surface area contributed by atoms with Crippen LogP contribution in [0.25, 0.3) is 0 Å². The number of fused-ring (bicyclic) bond motifs is 1. The molecule has 0 bridgehead atoms. The third kappa shape index (κ3) is 6.34. The molecule has 2 amide bonds. The molecular weight excluding hydrogens is 446 g/mol. The largest absolute Gasteiger partial charge is 0.467 e. The molecule has 0 aromatic heterocycles. The van der Waals surface area contributed by atoms with E-state index in [2.05, 4.69) is 30.9 Å². The lowest BCUT2D eigenvalue weighted by Crippen LogP contribution is -2.52. The van der Waals surface area contributed by atoms with E-state index in [-0.39, 0.29) is 30.0 Å². The summed E-state index contributed by atoms with van der Waals surface area (Å²) in [5.41, 5.74) is 0.512. The molecule has 194 valence electrons. The Balaban J connectivity index is 1.98. The van der Waals surface area contributed by atoms with Crippen molar-refractivity contribution < 1.29 is 23.9 Å². The average molecular weight is 488 g/mol. The van der Waals surface area contributed by atoms with Crippen molar-refractivity contribution >= 4 is 18.0 Å². The Labute approximate surface area is 209 Å². The van der Waals surface area contributed by atoms with Gasteiger partial charge in [-0.1, -0.05) is 44.2 Å². The predicted octanol–water partition coefficient (Wildman–Crippen LogP) is 3.69. The summed E-state index contributed by atoms with van der Waals surface area (Å²) in [5.74, 6) is -0.232. The lowest BCUT2D eigenvalue weighted by molar-refractivity contribution is -0.153. The highest BCUT2D eigenvalue weighted by atomic mass is 16.6. The van der Waals surface area contributed by atoms with E-state index in [9.17, 15) is 14.4 Å². The average Bonchev–Trinajstić information content (AvgIpc) is 3.07. The topological polar surface area (TPSA) is 79.4 Å². The van der Waals surface area contributed by atoms with Gasteiger partial charge in [-0.05, 0) is 58.4 Å². The highest BCUT2D eigenvalue weighted by Crippen LogP contribution is 2.34. The molecule has 0 N–H and O–H groups in total. The number of benzene rings is 1. The Morgan fingerprint density at radius 2 is 1.77 bits per heavy atom. The first-order valence-electron chi connectivity index (χ1n) is 12.6. The van der Waals surface area contributed by atoms with Crippen LogP contribution in [0.1, 0.15) is 59.9 Å². The first kappa shape index (κ1) is 27.0. The number of nitrogens with zero attached hydrogens (tertiary/aromatic N) is 3. The second kappa shape index (κ2) is 11.0. The van der Waals surface area contributed by atoms with Crippen LogP contribution in [0.15, 0.2) is 30.3 Å². The summed E-state index contributed by atoms with van der Waals surface area (Å²) in [7, 11) is 1.35. The number of carbonyl (C=O) groups is 3. The van der Waals surface area contributed by atoms with E-state index in [1.807, 2.05) is 39.0 Å². The maximum absolute atomic E-state index is 13.8. The Morgan fingerprint density at radius 3 is 2.34 bits per heavy atom. The zero-order valence-corrected chi connectivity index (χ0v) is 22.2. The van der Waals surface area contributed by atoms with Gasteiger partial charge < -0.3 is 14.4 Å². The Morgan fingerprint density at radius 1 is 1.11 bits per heavy atom. The minimum Gasteiger partial charge on any atom is -0.467 e. The van der Waals surface area contributed by atoms with Gasteiger partial charge >= 0.3 is 12.1 Å². The summed E-state index contributed by atoms with van der Waals surface area (Å²) in [5, 5.41) is 0. The number of rotatable bonds is 6. The molecule has 1 aromatic carbocycles. The van der Waals surface area contributed by atoms with E-state index in [1.165, 1.54) is 7.11 Å². The monoisotopic (exact) mass is 487 g/mol. The van der Waals surface area contributed by atoms with E-state index in [0.717, 1.165) is 5.56 Å². The first-order valence-corrected chi connectivity index (χ1v) is 12.6. The van der Waals surface area contributed by atoms with Gasteiger partial charge in [-0.15, -0.1) is 0 Å². The number of carbonyl (C=O) groups excluding carboxylic acids is 3. The second-order valence-corrected chi connectivity index (χ2v) is 11.1. The fourth-order valence-electron chi connectivity index (χ4n) is 5.20. The standard InChI is InChI=1S/C27H41N3O5/c1-18(2)15-23-24(31)28(19(3)25(32)34-7)14-13-21-22(16-20-11-9-8-10-12-20)30(17-29(21)23)26(33)35-27(4,5)6/h8-12,18-19,21-23H,13-17H2,1-7H3/t19-,21-,22-,23-/m0/s1. The van der Waals surface area contributed by atoms with Crippen LogP contribution in [0.3, 0.4) is 0 Å². The third-order valence-corrected chi connectivity index (χ3v) is 6.84. The van der Waals surface area contributed by atoms with Crippen LogP contribution in [0.2, 0.25) is 0 Å². The van der Waals surface area contributed by atoms with Crippen molar-refractivity contribution in [1.29, 1.82) is 0 Å². The quantitative estimate of drug-likeness (QED) is 0.570. The summed E-state index contributed by atoms with van der Waals surface area (Å²) < 4.78 is 10.7. The van der Waals surface area contributed by atoms with Gasteiger partial charge in [-0.2, -0.15) is 0 Å². The van der Waals surface area contributed by atoms with E-state index < -0.39 is 23.7 Å². The van der Waals surface area contributed by atoms with Crippen molar-refractivity contribution in [1.82, 2.24) is 14.7 Å². The SMILES string of the molecule is COC(=O)[C@H](C)N1CC[C@H]2[C@H](Cc3ccccc3)N(C(=O)OC(C)(C)C)CN2[C@@H](CC(C)C)C1=O. The fraction of sp³-hybridized carbons (Fsp3) is 0.667. The molecule has 0 spiro atoms. The molecule has 2 fully saturated rings. The molecule has 2 heterocycles. The van der Waals surface area contributed by atoms with E-state index in [4.69, 9.17) is 9.47 Å². The van der Waals surface area contributed by atoms with Gasteiger partial charge in [0.2, 0.25) is 5.91 Å². The van der Waals surface area contributed by atoms with Crippen LogP contribution in [-0.4, -0.2) is 82.8 Å². The number of methoxy groups -OCH3 is 1. The lowest BCUT2D eigenvalue weighted by Gasteiger charge is -2.33. The Bertz CT molecular complexity index is 898. The van der Waals surface area contributed by atoms with Crippen molar-refractivity contribution in [2.75, 3.05) is 20.3 Å². The molecular formula is C27H41N3O5. The number of ether oxygens (including phenoxy) is 2. The van der Waals surface area contributed by atoms with Crippen LogP contribution in [0, 0.1) is 5.92 Å². The molecule has 8 heteroatoms. The fourth-order valence-corrected chi connectivity index (χ4v) is 5.20. The number of hydrogen-bond acceptors (Lipinski definition) is 6. The van der Waals surface area contributed by atoms with Gasteiger partial charge in [0, 0.05) is 12.6 Å². The summed E-state index contributed by atoms with van der Waals surface area (Å²) in [6.45, 7) is 12.2. The molecule has 0 unspecified atom stereocenters. The Hall–Kier alpha value is -2.61. The summed E-state index contributed by atoms with van der Waals surface area (Å²) in [6.07, 6.45) is 1.59. The molecule has 2 aliphatic rings. The molecule has 1 aromatic rings. The van der Waals surface area contributed by atoms with Gasteiger partial charge in [-0.25, -0.2) is 9.59 Å². The summed E-state index contributed by atoms with van der Waals surface area (Å²) in [4.78, 5) is 45.1. The van der Waals surface area contributed by atoms with Crippen LogP contribution in [0.5, 0.6) is 0 Å². The zero-order valence-electron chi connectivity index (χ0n) is 22.2. The molecule has 2 aliphatic heterocycles. The van der Waals surface area contributed by atoms with Gasteiger partial charge in [0.25, 0.3) is 0 Å². The molecule has 3 rings (SSSR count). The minimum absolute atomic E-state index is 0.0368. The van der Waals surface area contributed by atoms with Gasteiger partial charge in [0.1, 0.15) is 11.6 Å². The van der Waals surface area contributed by atoms with Crippen molar-refractivity contribution in [2.45, 2.75) is 90.6 Å². The molecule has 8 nitrogen and oxygen atoms in total.